The Hall–Kier alpha value is -3.34. The lowest BCUT2D eigenvalue weighted by Gasteiger charge is -2.20. The summed E-state index contributed by atoms with van der Waals surface area (Å²) in [5.41, 5.74) is 1.44. The molecule has 0 aliphatic heterocycles. The van der Waals surface area contributed by atoms with E-state index in [0.717, 1.165) is 11.3 Å². The summed E-state index contributed by atoms with van der Waals surface area (Å²) in [7, 11) is 0. The second-order valence-electron chi connectivity index (χ2n) is 6.74. The SMILES string of the molecule is Cc1ccc([C@@H](C)NC(=O)C[C@H](NC(=O)c2ccccc2)c2ccccc2)o1. The molecule has 2 N–H and O–H groups in total. The van der Waals surface area contributed by atoms with E-state index in [0.29, 0.717) is 11.3 Å². The van der Waals surface area contributed by atoms with Gasteiger partial charge in [0.2, 0.25) is 5.91 Å². The molecule has 5 heteroatoms. The number of carbonyl (C=O) groups is 2. The Morgan fingerprint density at radius 2 is 1.54 bits per heavy atom. The second-order valence-corrected chi connectivity index (χ2v) is 6.74. The molecule has 1 aromatic heterocycles. The third-order valence-electron chi connectivity index (χ3n) is 4.50. The largest absolute Gasteiger partial charge is 0.464 e. The van der Waals surface area contributed by atoms with Gasteiger partial charge in [0.15, 0.2) is 0 Å². The van der Waals surface area contributed by atoms with E-state index in [-0.39, 0.29) is 24.3 Å². The summed E-state index contributed by atoms with van der Waals surface area (Å²) in [5, 5.41) is 5.91. The first kappa shape index (κ1) is 19.4. The van der Waals surface area contributed by atoms with Crippen molar-refractivity contribution in [2.45, 2.75) is 32.4 Å². The molecule has 28 heavy (non-hydrogen) atoms. The van der Waals surface area contributed by atoms with Gasteiger partial charge < -0.3 is 15.1 Å². The third kappa shape index (κ3) is 5.10. The standard InChI is InChI=1S/C23H24N2O3/c1-16-13-14-21(28-16)17(2)24-22(26)15-20(18-9-5-3-6-10-18)25-23(27)19-11-7-4-8-12-19/h3-14,17,20H,15H2,1-2H3,(H,24,26)(H,25,27)/t17-,20+/m1/s1. The second kappa shape index (κ2) is 9.04. The van der Waals surface area contributed by atoms with Crippen LogP contribution < -0.4 is 10.6 Å². The van der Waals surface area contributed by atoms with E-state index < -0.39 is 6.04 Å². The fraction of sp³-hybridized carbons (Fsp3) is 0.217. The number of carbonyl (C=O) groups excluding carboxylic acids is 2. The average molecular weight is 376 g/mol. The molecule has 2 aromatic carbocycles. The van der Waals surface area contributed by atoms with Crippen LogP contribution in [0.1, 0.15) is 52.9 Å². The number of hydrogen-bond donors (Lipinski definition) is 2. The highest BCUT2D eigenvalue weighted by molar-refractivity contribution is 5.94. The maximum atomic E-state index is 12.6. The third-order valence-corrected chi connectivity index (χ3v) is 4.50. The fourth-order valence-corrected chi connectivity index (χ4v) is 3.01. The maximum absolute atomic E-state index is 12.6. The summed E-state index contributed by atoms with van der Waals surface area (Å²) < 4.78 is 5.57. The number of aryl methyl sites for hydroxylation is 1. The topological polar surface area (TPSA) is 71.3 Å². The van der Waals surface area contributed by atoms with Crippen molar-refractivity contribution in [3.63, 3.8) is 0 Å². The van der Waals surface area contributed by atoms with Gasteiger partial charge in [0.25, 0.3) is 5.91 Å². The Labute approximate surface area is 164 Å². The van der Waals surface area contributed by atoms with Crippen LogP contribution in [-0.4, -0.2) is 11.8 Å². The van der Waals surface area contributed by atoms with Gasteiger partial charge in [-0.2, -0.15) is 0 Å². The molecule has 1 heterocycles. The molecular formula is C23H24N2O3. The van der Waals surface area contributed by atoms with Crippen LogP contribution in [0.2, 0.25) is 0 Å². The minimum absolute atomic E-state index is 0.132. The van der Waals surface area contributed by atoms with Gasteiger partial charge in [-0.3, -0.25) is 9.59 Å². The monoisotopic (exact) mass is 376 g/mol. The average Bonchev–Trinajstić information content (AvgIpc) is 3.15. The molecule has 2 atom stereocenters. The Balaban J connectivity index is 1.70. The van der Waals surface area contributed by atoms with E-state index in [1.54, 1.807) is 12.1 Å². The van der Waals surface area contributed by atoms with Crippen LogP contribution in [0, 0.1) is 6.92 Å². The molecule has 3 rings (SSSR count). The molecule has 2 amide bonds. The van der Waals surface area contributed by atoms with E-state index in [1.165, 1.54) is 0 Å². The van der Waals surface area contributed by atoms with E-state index in [4.69, 9.17) is 4.42 Å². The molecule has 0 bridgehead atoms. The molecule has 144 valence electrons. The van der Waals surface area contributed by atoms with Crippen molar-refractivity contribution in [3.8, 4) is 0 Å². The summed E-state index contributed by atoms with van der Waals surface area (Å²) in [6, 6.07) is 21.5. The van der Waals surface area contributed by atoms with Crippen LogP contribution >= 0.6 is 0 Å². The smallest absolute Gasteiger partial charge is 0.251 e. The van der Waals surface area contributed by atoms with Gasteiger partial charge in [-0.15, -0.1) is 0 Å². The van der Waals surface area contributed by atoms with Crippen LogP contribution in [0.15, 0.2) is 77.2 Å². The minimum Gasteiger partial charge on any atom is -0.464 e. The van der Waals surface area contributed by atoms with Gasteiger partial charge in [-0.05, 0) is 43.7 Å². The molecule has 0 unspecified atom stereocenters. The van der Waals surface area contributed by atoms with Gasteiger partial charge in [0, 0.05) is 5.56 Å². The Kier molecular flexibility index (Phi) is 6.27. The lowest BCUT2D eigenvalue weighted by atomic mass is 10.0. The van der Waals surface area contributed by atoms with Crippen molar-refractivity contribution in [2.75, 3.05) is 0 Å². The molecule has 0 saturated carbocycles. The van der Waals surface area contributed by atoms with Gasteiger partial charge in [-0.1, -0.05) is 48.5 Å². The molecule has 5 nitrogen and oxygen atoms in total. The molecule has 0 aliphatic rings. The molecule has 3 aromatic rings. The van der Waals surface area contributed by atoms with Crippen molar-refractivity contribution >= 4 is 11.8 Å². The summed E-state index contributed by atoms with van der Waals surface area (Å²) in [4.78, 5) is 25.2. The normalized spacial score (nSPS) is 12.8. The maximum Gasteiger partial charge on any atom is 0.251 e. The first-order chi connectivity index (χ1) is 13.5. The molecule has 0 aliphatic carbocycles. The van der Waals surface area contributed by atoms with Crippen molar-refractivity contribution in [2.24, 2.45) is 0 Å². The van der Waals surface area contributed by atoms with E-state index >= 15 is 0 Å². The van der Waals surface area contributed by atoms with Crippen LogP contribution in [-0.2, 0) is 4.79 Å². The number of benzene rings is 2. The Morgan fingerprint density at radius 1 is 0.893 bits per heavy atom. The number of rotatable bonds is 7. The predicted molar refractivity (Wildman–Crippen MR) is 108 cm³/mol. The van der Waals surface area contributed by atoms with Crippen molar-refractivity contribution < 1.29 is 14.0 Å². The van der Waals surface area contributed by atoms with Crippen LogP contribution in [0.5, 0.6) is 0 Å². The summed E-state index contributed by atoms with van der Waals surface area (Å²) >= 11 is 0. The fourth-order valence-electron chi connectivity index (χ4n) is 3.01. The first-order valence-corrected chi connectivity index (χ1v) is 9.29. The molecule has 0 fully saturated rings. The van der Waals surface area contributed by atoms with Crippen molar-refractivity contribution in [1.29, 1.82) is 0 Å². The lowest BCUT2D eigenvalue weighted by molar-refractivity contribution is -0.122. The van der Waals surface area contributed by atoms with E-state index in [1.807, 2.05) is 74.5 Å². The predicted octanol–water partition coefficient (Wildman–Crippen LogP) is 4.33. The van der Waals surface area contributed by atoms with E-state index in [2.05, 4.69) is 10.6 Å². The number of furan rings is 1. The Bertz CT molecular complexity index is 919. The van der Waals surface area contributed by atoms with E-state index in [9.17, 15) is 9.59 Å². The summed E-state index contributed by atoms with van der Waals surface area (Å²) in [6.07, 6.45) is 0.132. The highest BCUT2D eigenvalue weighted by Gasteiger charge is 2.21. The first-order valence-electron chi connectivity index (χ1n) is 9.29. The number of amides is 2. The molecule has 0 spiro atoms. The van der Waals surface area contributed by atoms with Gasteiger partial charge in [0.05, 0.1) is 18.5 Å². The number of nitrogens with one attached hydrogen (secondary N) is 2. The summed E-state index contributed by atoms with van der Waals surface area (Å²) in [5.74, 6) is 1.13. The molecular weight excluding hydrogens is 352 g/mol. The van der Waals surface area contributed by atoms with Crippen LogP contribution in [0.25, 0.3) is 0 Å². The van der Waals surface area contributed by atoms with Gasteiger partial charge >= 0.3 is 0 Å². The zero-order valence-electron chi connectivity index (χ0n) is 16.0. The molecule has 0 saturated heterocycles. The van der Waals surface area contributed by atoms with Gasteiger partial charge in [0.1, 0.15) is 11.5 Å². The lowest BCUT2D eigenvalue weighted by Crippen LogP contribution is -2.34. The zero-order valence-corrected chi connectivity index (χ0v) is 16.0. The summed E-state index contributed by atoms with van der Waals surface area (Å²) in [6.45, 7) is 3.73. The Morgan fingerprint density at radius 3 is 2.14 bits per heavy atom. The number of hydrogen-bond acceptors (Lipinski definition) is 3. The zero-order chi connectivity index (χ0) is 19.9. The highest BCUT2D eigenvalue weighted by Crippen LogP contribution is 2.20. The molecule has 0 radical (unpaired) electrons. The highest BCUT2D eigenvalue weighted by atomic mass is 16.3. The van der Waals surface area contributed by atoms with Crippen LogP contribution in [0.4, 0.5) is 0 Å². The van der Waals surface area contributed by atoms with Gasteiger partial charge in [-0.25, -0.2) is 0 Å². The minimum atomic E-state index is -0.431. The van der Waals surface area contributed by atoms with Crippen LogP contribution in [0.3, 0.4) is 0 Å². The van der Waals surface area contributed by atoms with Crippen molar-refractivity contribution in [3.05, 3.63) is 95.4 Å². The van der Waals surface area contributed by atoms with Crippen molar-refractivity contribution in [1.82, 2.24) is 10.6 Å². The quantitative estimate of drug-likeness (QED) is 0.645.